The molecule has 0 aliphatic carbocycles. The smallest absolute Gasteiger partial charge is 0.228 e. The van der Waals surface area contributed by atoms with Crippen molar-refractivity contribution < 1.29 is 9.59 Å². The van der Waals surface area contributed by atoms with Crippen molar-refractivity contribution in [3.05, 3.63) is 29.8 Å². The minimum Gasteiger partial charge on any atom is -0.342 e. The highest BCUT2D eigenvalue weighted by Crippen LogP contribution is 2.19. The second-order valence-electron chi connectivity index (χ2n) is 5.56. The van der Waals surface area contributed by atoms with Crippen molar-refractivity contribution in [2.75, 3.05) is 25.5 Å². The van der Waals surface area contributed by atoms with Crippen LogP contribution in [0.1, 0.15) is 25.3 Å². The van der Waals surface area contributed by atoms with E-state index < -0.39 is 0 Å². The number of hydrogen-bond acceptors (Lipinski definition) is 3. The molecule has 5 heteroatoms. The van der Waals surface area contributed by atoms with Gasteiger partial charge in [-0.25, -0.2) is 0 Å². The number of anilines is 1. The van der Waals surface area contributed by atoms with Crippen molar-refractivity contribution in [3.63, 3.8) is 0 Å². The van der Waals surface area contributed by atoms with Crippen LogP contribution in [0.25, 0.3) is 0 Å². The van der Waals surface area contributed by atoms with Gasteiger partial charge in [-0.05, 0) is 31.0 Å². The maximum absolute atomic E-state index is 12.3. The molecule has 2 N–H and O–H groups in total. The van der Waals surface area contributed by atoms with Crippen LogP contribution in [-0.4, -0.2) is 36.9 Å². The third-order valence-electron chi connectivity index (χ3n) is 3.89. The first-order valence-corrected chi connectivity index (χ1v) is 7.39. The Bertz CT molecular complexity index is 510. The van der Waals surface area contributed by atoms with Crippen molar-refractivity contribution >= 4 is 17.5 Å². The summed E-state index contributed by atoms with van der Waals surface area (Å²) in [5.74, 6) is 0.0880. The van der Waals surface area contributed by atoms with Crippen LogP contribution >= 0.6 is 0 Å². The summed E-state index contributed by atoms with van der Waals surface area (Å²) in [4.78, 5) is 25.3. The third-order valence-corrected chi connectivity index (χ3v) is 3.89. The fourth-order valence-corrected chi connectivity index (χ4v) is 2.46. The number of rotatable bonds is 4. The first-order chi connectivity index (χ1) is 10.1. The molecule has 1 fully saturated rings. The van der Waals surface area contributed by atoms with Crippen LogP contribution < -0.4 is 10.6 Å². The van der Waals surface area contributed by atoms with Gasteiger partial charge in [-0.2, -0.15) is 0 Å². The Morgan fingerprint density at radius 2 is 2.14 bits per heavy atom. The quantitative estimate of drug-likeness (QED) is 0.885. The molecule has 21 heavy (non-hydrogen) atoms. The van der Waals surface area contributed by atoms with Crippen LogP contribution in [0.15, 0.2) is 24.3 Å². The molecule has 1 atom stereocenters. The monoisotopic (exact) mass is 289 g/mol. The molecular weight excluding hydrogens is 266 g/mol. The van der Waals surface area contributed by atoms with E-state index in [-0.39, 0.29) is 17.7 Å². The van der Waals surface area contributed by atoms with Crippen molar-refractivity contribution in [2.45, 2.75) is 26.3 Å². The molecule has 1 aromatic carbocycles. The summed E-state index contributed by atoms with van der Waals surface area (Å²) in [7, 11) is 1.76. The average Bonchev–Trinajstić information content (AvgIpc) is 2.50. The van der Waals surface area contributed by atoms with E-state index in [4.69, 9.17) is 0 Å². The number of para-hydroxylation sites is 1. The maximum Gasteiger partial charge on any atom is 0.228 e. The van der Waals surface area contributed by atoms with Gasteiger partial charge in [0.05, 0.1) is 5.92 Å². The minimum absolute atomic E-state index is 0.00705. The zero-order chi connectivity index (χ0) is 15.2. The molecule has 114 valence electrons. The zero-order valence-corrected chi connectivity index (χ0v) is 12.7. The molecule has 0 radical (unpaired) electrons. The minimum atomic E-state index is 0.00705. The lowest BCUT2D eigenvalue weighted by Gasteiger charge is -2.23. The number of amides is 2. The van der Waals surface area contributed by atoms with E-state index in [0.717, 1.165) is 37.2 Å². The van der Waals surface area contributed by atoms with Crippen LogP contribution in [0.3, 0.4) is 0 Å². The first kappa shape index (κ1) is 15.5. The predicted octanol–water partition coefficient (Wildman–Crippen LogP) is 1.60. The Kier molecular flexibility index (Phi) is 5.33. The molecule has 5 nitrogen and oxygen atoms in total. The summed E-state index contributed by atoms with van der Waals surface area (Å²) < 4.78 is 0. The number of nitrogens with one attached hydrogen (secondary N) is 2. The maximum atomic E-state index is 12.3. The number of benzene rings is 1. The van der Waals surface area contributed by atoms with Crippen LogP contribution in [0, 0.1) is 5.92 Å². The Hall–Kier alpha value is -1.88. The van der Waals surface area contributed by atoms with Gasteiger partial charge in [-0.15, -0.1) is 0 Å². The highest BCUT2D eigenvalue weighted by atomic mass is 16.2. The van der Waals surface area contributed by atoms with Gasteiger partial charge in [-0.3, -0.25) is 9.59 Å². The van der Waals surface area contributed by atoms with E-state index in [0.29, 0.717) is 6.54 Å². The summed E-state index contributed by atoms with van der Waals surface area (Å²) in [5, 5.41) is 6.26. The Labute approximate surface area is 125 Å². The third kappa shape index (κ3) is 4.29. The number of carbonyl (C=O) groups is 2. The largest absolute Gasteiger partial charge is 0.342 e. The van der Waals surface area contributed by atoms with Gasteiger partial charge in [0.1, 0.15) is 0 Å². The van der Waals surface area contributed by atoms with E-state index in [1.165, 1.54) is 6.92 Å². The van der Waals surface area contributed by atoms with E-state index in [9.17, 15) is 9.59 Å². The topological polar surface area (TPSA) is 61.4 Å². The number of nitrogens with zero attached hydrogens (tertiary/aromatic N) is 1. The fourth-order valence-electron chi connectivity index (χ4n) is 2.46. The highest BCUT2D eigenvalue weighted by molar-refractivity contribution is 5.93. The molecular formula is C16H23N3O2. The molecule has 1 saturated heterocycles. The zero-order valence-electron chi connectivity index (χ0n) is 12.7. The molecule has 0 saturated carbocycles. The van der Waals surface area contributed by atoms with Gasteiger partial charge < -0.3 is 15.5 Å². The fraction of sp³-hybridized carbons (Fsp3) is 0.500. The number of piperidine rings is 1. The van der Waals surface area contributed by atoms with Crippen molar-refractivity contribution in [3.8, 4) is 0 Å². The highest BCUT2D eigenvalue weighted by Gasteiger charge is 2.21. The van der Waals surface area contributed by atoms with E-state index in [1.807, 2.05) is 24.3 Å². The summed E-state index contributed by atoms with van der Waals surface area (Å²) in [5.41, 5.74) is 1.74. The summed E-state index contributed by atoms with van der Waals surface area (Å²) in [6.45, 7) is 3.76. The Balaban J connectivity index is 2.05. The second kappa shape index (κ2) is 7.22. The SMILES string of the molecule is CC(=O)N(C)Cc1ccccc1NC(=O)C1CCCNC1. The van der Waals surface area contributed by atoms with E-state index >= 15 is 0 Å². The lowest BCUT2D eigenvalue weighted by Crippen LogP contribution is -2.37. The first-order valence-electron chi connectivity index (χ1n) is 7.39. The number of carbonyl (C=O) groups excluding carboxylic acids is 2. The lowest BCUT2D eigenvalue weighted by molar-refractivity contribution is -0.128. The standard InChI is InChI=1S/C16H23N3O2/c1-12(20)19(2)11-14-6-3-4-8-15(14)18-16(21)13-7-5-9-17-10-13/h3-4,6,8,13,17H,5,7,9-11H2,1-2H3,(H,18,21). The normalized spacial score (nSPS) is 18.1. The molecule has 1 heterocycles. The molecule has 1 aromatic rings. The van der Waals surface area contributed by atoms with E-state index in [2.05, 4.69) is 10.6 Å². The molecule has 1 aliphatic rings. The van der Waals surface area contributed by atoms with Crippen LogP contribution in [0.4, 0.5) is 5.69 Å². The Morgan fingerprint density at radius 3 is 2.81 bits per heavy atom. The predicted molar refractivity (Wildman–Crippen MR) is 82.8 cm³/mol. The van der Waals surface area contributed by atoms with Crippen molar-refractivity contribution in [2.24, 2.45) is 5.92 Å². The van der Waals surface area contributed by atoms with Crippen LogP contribution in [0.2, 0.25) is 0 Å². The van der Waals surface area contributed by atoms with Crippen molar-refractivity contribution in [1.82, 2.24) is 10.2 Å². The van der Waals surface area contributed by atoms with Crippen LogP contribution in [0.5, 0.6) is 0 Å². The molecule has 2 amide bonds. The van der Waals surface area contributed by atoms with Gasteiger partial charge in [0.25, 0.3) is 0 Å². The van der Waals surface area contributed by atoms with Gasteiger partial charge in [0.15, 0.2) is 0 Å². The number of hydrogen-bond donors (Lipinski definition) is 2. The summed E-state index contributed by atoms with van der Waals surface area (Å²) >= 11 is 0. The molecule has 2 rings (SSSR count). The van der Waals surface area contributed by atoms with Crippen LogP contribution in [-0.2, 0) is 16.1 Å². The summed E-state index contributed by atoms with van der Waals surface area (Å²) in [6.07, 6.45) is 1.96. The average molecular weight is 289 g/mol. The lowest BCUT2D eigenvalue weighted by atomic mass is 9.98. The molecule has 0 bridgehead atoms. The van der Waals surface area contributed by atoms with Crippen molar-refractivity contribution in [1.29, 1.82) is 0 Å². The second-order valence-corrected chi connectivity index (χ2v) is 5.56. The van der Waals surface area contributed by atoms with E-state index in [1.54, 1.807) is 11.9 Å². The van der Waals surface area contributed by atoms with Gasteiger partial charge in [0.2, 0.25) is 11.8 Å². The van der Waals surface area contributed by atoms with Gasteiger partial charge >= 0.3 is 0 Å². The molecule has 0 aromatic heterocycles. The molecule has 0 spiro atoms. The summed E-state index contributed by atoms with van der Waals surface area (Å²) in [6, 6.07) is 7.64. The molecule has 1 unspecified atom stereocenters. The van der Waals surface area contributed by atoms with Gasteiger partial charge in [-0.1, -0.05) is 18.2 Å². The van der Waals surface area contributed by atoms with Gasteiger partial charge in [0, 0.05) is 32.7 Å². The molecule has 1 aliphatic heterocycles. The Morgan fingerprint density at radius 1 is 1.38 bits per heavy atom.